The first-order valence-corrected chi connectivity index (χ1v) is 12.2. The molecule has 0 bridgehead atoms. The fourth-order valence-corrected chi connectivity index (χ4v) is 5.52. The van der Waals surface area contributed by atoms with E-state index >= 15 is 0 Å². The molecule has 1 aliphatic rings. The summed E-state index contributed by atoms with van der Waals surface area (Å²) in [5.41, 5.74) is 8.79. The van der Waals surface area contributed by atoms with Crippen LogP contribution in [0.4, 0.5) is 0 Å². The van der Waals surface area contributed by atoms with Gasteiger partial charge in [-0.15, -0.1) is 0 Å². The minimum Gasteiger partial charge on any atom is -0.456 e. The summed E-state index contributed by atoms with van der Waals surface area (Å²) in [4.78, 5) is 0. The van der Waals surface area contributed by atoms with Gasteiger partial charge in [0.25, 0.3) is 0 Å². The van der Waals surface area contributed by atoms with Crippen molar-refractivity contribution >= 4 is 32.7 Å². The van der Waals surface area contributed by atoms with E-state index in [1.165, 1.54) is 27.5 Å². The molecule has 0 saturated heterocycles. The summed E-state index contributed by atoms with van der Waals surface area (Å²) in [7, 11) is 0. The molecule has 1 aromatic heterocycles. The molecule has 0 atom stereocenters. The van der Waals surface area contributed by atoms with Gasteiger partial charge in [-0.2, -0.15) is 0 Å². The second kappa shape index (κ2) is 7.34. The SMILES string of the molecule is c1ccc(-c2ccc3c(c2)oc2cc(-c4cc5c6c(cccc6c4)Oc4ccccc4-5)ccc23)cc1. The molecule has 2 heteroatoms. The number of para-hydroxylation sites is 1. The lowest BCUT2D eigenvalue weighted by Gasteiger charge is -2.22. The Labute approximate surface area is 208 Å². The van der Waals surface area contributed by atoms with Crippen LogP contribution in [0.5, 0.6) is 11.5 Å². The molecule has 0 saturated carbocycles. The Morgan fingerprint density at radius 3 is 1.92 bits per heavy atom. The molecule has 36 heavy (non-hydrogen) atoms. The molecular formula is C34H20O2. The molecule has 8 rings (SSSR count). The Morgan fingerprint density at radius 1 is 0.417 bits per heavy atom. The molecule has 0 aliphatic carbocycles. The second-order valence-corrected chi connectivity index (χ2v) is 9.37. The van der Waals surface area contributed by atoms with Crippen LogP contribution in [0.15, 0.2) is 126 Å². The summed E-state index contributed by atoms with van der Waals surface area (Å²) < 4.78 is 12.6. The largest absolute Gasteiger partial charge is 0.456 e. The summed E-state index contributed by atoms with van der Waals surface area (Å²) >= 11 is 0. The van der Waals surface area contributed by atoms with Gasteiger partial charge in [0.05, 0.1) is 0 Å². The maximum Gasteiger partial charge on any atom is 0.136 e. The van der Waals surface area contributed by atoms with Crippen molar-refractivity contribution in [1.29, 1.82) is 0 Å². The van der Waals surface area contributed by atoms with Crippen molar-refractivity contribution in [1.82, 2.24) is 0 Å². The molecule has 2 nitrogen and oxygen atoms in total. The zero-order chi connectivity index (χ0) is 23.6. The fraction of sp³-hybridized carbons (Fsp3) is 0. The van der Waals surface area contributed by atoms with Crippen molar-refractivity contribution < 1.29 is 9.15 Å². The van der Waals surface area contributed by atoms with Gasteiger partial charge in [-0.3, -0.25) is 0 Å². The van der Waals surface area contributed by atoms with E-state index in [0.717, 1.165) is 50.1 Å². The standard InChI is InChI=1S/C34H20O2/c1-2-7-21(8-3-1)22-13-15-27-28-16-14-23(20-33(28)36-32(27)19-22)25-17-24-9-6-12-31-34(24)29(18-25)26-10-4-5-11-30(26)35-31/h1-20H. The van der Waals surface area contributed by atoms with Gasteiger partial charge < -0.3 is 9.15 Å². The zero-order valence-electron chi connectivity index (χ0n) is 19.4. The topological polar surface area (TPSA) is 22.4 Å². The van der Waals surface area contributed by atoms with Crippen LogP contribution in [0, 0.1) is 0 Å². The van der Waals surface area contributed by atoms with Gasteiger partial charge in [0.1, 0.15) is 22.7 Å². The van der Waals surface area contributed by atoms with Crippen molar-refractivity contribution in [2.75, 3.05) is 0 Å². The van der Waals surface area contributed by atoms with Gasteiger partial charge in [-0.05, 0) is 81.7 Å². The Bertz CT molecular complexity index is 1960. The zero-order valence-corrected chi connectivity index (χ0v) is 19.4. The minimum absolute atomic E-state index is 0.900. The third kappa shape index (κ3) is 2.85. The maximum absolute atomic E-state index is 6.39. The van der Waals surface area contributed by atoms with Crippen molar-refractivity contribution in [3.8, 4) is 44.9 Å². The first-order chi connectivity index (χ1) is 17.8. The Balaban J connectivity index is 1.31. The number of fused-ring (bicyclic) bond motifs is 5. The van der Waals surface area contributed by atoms with E-state index in [1.54, 1.807) is 0 Å². The summed E-state index contributed by atoms with van der Waals surface area (Å²) in [5.74, 6) is 1.81. The van der Waals surface area contributed by atoms with Crippen molar-refractivity contribution in [3.05, 3.63) is 121 Å². The molecule has 0 fully saturated rings. The predicted octanol–water partition coefficient (Wildman–Crippen LogP) is 9.85. The monoisotopic (exact) mass is 460 g/mol. The lowest BCUT2D eigenvalue weighted by Crippen LogP contribution is -1.97. The van der Waals surface area contributed by atoms with Crippen LogP contribution in [0.1, 0.15) is 0 Å². The molecule has 0 amide bonds. The smallest absolute Gasteiger partial charge is 0.136 e. The first kappa shape index (κ1) is 19.5. The molecule has 7 aromatic rings. The van der Waals surface area contributed by atoms with E-state index in [9.17, 15) is 0 Å². The molecule has 1 aliphatic heterocycles. The number of hydrogen-bond donors (Lipinski definition) is 0. The fourth-order valence-electron chi connectivity index (χ4n) is 5.52. The molecule has 0 radical (unpaired) electrons. The van der Waals surface area contributed by atoms with Crippen molar-refractivity contribution in [3.63, 3.8) is 0 Å². The van der Waals surface area contributed by atoms with Crippen molar-refractivity contribution in [2.45, 2.75) is 0 Å². The Morgan fingerprint density at radius 2 is 1.11 bits per heavy atom. The quantitative estimate of drug-likeness (QED) is 0.256. The van der Waals surface area contributed by atoms with E-state index in [0.29, 0.717) is 0 Å². The summed E-state index contributed by atoms with van der Waals surface area (Å²) in [6, 6.07) is 42.5. The van der Waals surface area contributed by atoms with E-state index in [-0.39, 0.29) is 0 Å². The average Bonchev–Trinajstić information content (AvgIpc) is 3.30. The lowest BCUT2D eigenvalue weighted by atomic mass is 9.90. The molecule has 6 aromatic carbocycles. The van der Waals surface area contributed by atoms with Crippen LogP contribution < -0.4 is 4.74 Å². The van der Waals surface area contributed by atoms with Gasteiger partial charge in [-0.25, -0.2) is 0 Å². The second-order valence-electron chi connectivity index (χ2n) is 9.37. The molecule has 168 valence electrons. The maximum atomic E-state index is 6.39. The molecular weight excluding hydrogens is 440 g/mol. The lowest BCUT2D eigenvalue weighted by molar-refractivity contribution is 0.487. The van der Waals surface area contributed by atoms with Crippen molar-refractivity contribution in [2.24, 2.45) is 0 Å². The minimum atomic E-state index is 0.900. The number of hydrogen-bond acceptors (Lipinski definition) is 2. The first-order valence-electron chi connectivity index (χ1n) is 12.2. The summed E-state index contributed by atoms with van der Waals surface area (Å²) in [6.45, 7) is 0. The molecule has 0 N–H and O–H groups in total. The number of ether oxygens (including phenoxy) is 1. The molecule has 0 spiro atoms. The van der Waals surface area contributed by atoms with Gasteiger partial charge >= 0.3 is 0 Å². The van der Waals surface area contributed by atoms with Gasteiger partial charge in [0.2, 0.25) is 0 Å². The Kier molecular flexibility index (Phi) is 3.97. The van der Waals surface area contributed by atoms with Crippen LogP contribution >= 0.6 is 0 Å². The third-order valence-electron chi connectivity index (χ3n) is 7.25. The van der Waals surface area contributed by atoms with Crippen LogP contribution in [0.3, 0.4) is 0 Å². The number of furan rings is 1. The predicted molar refractivity (Wildman–Crippen MR) is 148 cm³/mol. The number of benzene rings is 6. The third-order valence-corrected chi connectivity index (χ3v) is 7.25. The van der Waals surface area contributed by atoms with Crippen LogP contribution in [0.2, 0.25) is 0 Å². The van der Waals surface area contributed by atoms with Gasteiger partial charge in [0.15, 0.2) is 0 Å². The normalized spacial score (nSPS) is 12.1. The van der Waals surface area contributed by atoms with Gasteiger partial charge in [-0.1, -0.05) is 72.8 Å². The van der Waals surface area contributed by atoms with Crippen LogP contribution in [-0.2, 0) is 0 Å². The van der Waals surface area contributed by atoms with E-state index < -0.39 is 0 Å². The average molecular weight is 461 g/mol. The highest BCUT2D eigenvalue weighted by molar-refractivity contribution is 6.09. The van der Waals surface area contributed by atoms with Crippen LogP contribution in [-0.4, -0.2) is 0 Å². The highest BCUT2D eigenvalue weighted by Crippen LogP contribution is 2.48. The molecule has 2 heterocycles. The summed E-state index contributed by atoms with van der Waals surface area (Å²) in [5, 5.41) is 4.61. The van der Waals surface area contributed by atoms with Crippen LogP contribution in [0.25, 0.3) is 66.1 Å². The van der Waals surface area contributed by atoms with Gasteiger partial charge in [0, 0.05) is 21.7 Å². The van der Waals surface area contributed by atoms with E-state index in [2.05, 4.69) is 97.1 Å². The highest BCUT2D eigenvalue weighted by Gasteiger charge is 2.21. The Hall–Kier alpha value is -4.82. The van der Waals surface area contributed by atoms with E-state index in [1.807, 2.05) is 24.3 Å². The summed E-state index contributed by atoms with van der Waals surface area (Å²) in [6.07, 6.45) is 0. The van der Waals surface area contributed by atoms with E-state index in [4.69, 9.17) is 9.15 Å². The molecule has 0 unspecified atom stereocenters. The number of rotatable bonds is 2. The highest BCUT2D eigenvalue weighted by atomic mass is 16.5.